The van der Waals surface area contributed by atoms with Crippen LogP contribution in [0.3, 0.4) is 0 Å². The first-order valence-corrected chi connectivity index (χ1v) is 11.6. The Labute approximate surface area is 162 Å². The highest BCUT2D eigenvalue weighted by Crippen LogP contribution is 2.23. The Morgan fingerprint density at radius 3 is 2.04 bits per heavy atom. The number of hydrogen-bond donors (Lipinski definition) is 0. The third-order valence-corrected chi connectivity index (χ3v) is 7.04. The molecule has 0 N–H and O–H groups in total. The van der Waals surface area contributed by atoms with Gasteiger partial charge in [0.15, 0.2) is 0 Å². The maximum absolute atomic E-state index is 12.7. The number of nitrogens with zero attached hydrogens (tertiary/aromatic N) is 2. The fourth-order valence-electron chi connectivity index (χ4n) is 3.82. The Bertz CT molecular complexity index is 777. The van der Waals surface area contributed by atoms with E-state index in [9.17, 15) is 13.2 Å². The molecule has 6 nitrogen and oxygen atoms in total. The lowest BCUT2D eigenvalue weighted by Crippen LogP contribution is -2.44. The molecule has 0 aromatic heterocycles. The number of carbonyl (C=O) groups is 1. The second-order valence-corrected chi connectivity index (χ2v) is 9.77. The topological polar surface area (TPSA) is 66.9 Å². The third-order valence-electron chi connectivity index (χ3n) is 5.74. The van der Waals surface area contributed by atoms with Crippen molar-refractivity contribution in [1.82, 2.24) is 9.21 Å². The van der Waals surface area contributed by atoms with Crippen LogP contribution in [0.5, 0.6) is 0 Å². The number of rotatable bonds is 4. The molecule has 2 saturated heterocycles. The number of likely N-dealkylation sites (tertiary alicyclic amines) is 1. The maximum atomic E-state index is 12.7. The van der Waals surface area contributed by atoms with Gasteiger partial charge in [-0.05, 0) is 62.8 Å². The van der Waals surface area contributed by atoms with Crippen LogP contribution in [0.2, 0.25) is 0 Å². The van der Waals surface area contributed by atoms with Crippen molar-refractivity contribution in [3.63, 3.8) is 0 Å². The molecule has 3 rings (SSSR count). The molecule has 27 heavy (non-hydrogen) atoms. The van der Waals surface area contributed by atoms with Crippen LogP contribution in [0.25, 0.3) is 0 Å². The van der Waals surface area contributed by atoms with E-state index in [1.807, 2.05) is 36.9 Å². The molecule has 2 aliphatic heterocycles. The van der Waals surface area contributed by atoms with Crippen molar-refractivity contribution in [3.8, 4) is 0 Å². The smallest absolute Gasteiger partial charge is 0.253 e. The van der Waals surface area contributed by atoms with E-state index in [0.29, 0.717) is 26.2 Å². The minimum atomic E-state index is -3.10. The Kier molecular flexibility index (Phi) is 6.23. The molecule has 150 valence electrons. The molecule has 2 heterocycles. The molecule has 0 bridgehead atoms. The van der Waals surface area contributed by atoms with Crippen molar-refractivity contribution >= 4 is 15.9 Å². The molecule has 0 spiro atoms. The summed E-state index contributed by atoms with van der Waals surface area (Å²) in [7, 11) is -3.10. The highest BCUT2D eigenvalue weighted by molar-refractivity contribution is 7.88. The molecule has 2 fully saturated rings. The molecule has 0 saturated carbocycles. The number of ether oxygens (including phenoxy) is 1. The van der Waals surface area contributed by atoms with Crippen LogP contribution >= 0.6 is 0 Å². The van der Waals surface area contributed by atoms with Crippen LogP contribution < -0.4 is 0 Å². The van der Waals surface area contributed by atoms with Gasteiger partial charge in [-0.2, -0.15) is 0 Å². The Morgan fingerprint density at radius 1 is 0.963 bits per heavy atom. The van der Waals surface area contributed by atoms with Crippen molar-refractivity contribution in [3.05, 3.63) is 34.9 Å². The van der Waals surface area contributed by atoms with Crippen molar-refractivity contribution in [2.75, 3.05) is 32.4 Å². The monoisotopic (exact) mass is 394 g/mol. The van der Waals surface area contributed by atoms with Gasteiger partial charge in [-0.3, -0.25) is 4.79 Å². The molecule has 1 aromatic carbocycles. The molecule has 2 aliphatic rings. The van der Waals surface area contributed by atoms with Crippen molar-refractivity contribution in [2.45, 2.75) is 51.7 Å². The molecule has 0 radical (unpaired) electrons. The van der Waals surface area contributed by atoms with Crippen molar-refractivity contribution in [2.24, 2.45) is 0 Å². The quantitative estimate of drug-likeness (QED) is 0.786. The number of sulfonamides is 1. The van der Waals surface area contributed by atoms with E-state index in [2.05, 4.69) is 0 Å². The van der Waals surface area contributed by atoms with Gasteiger partial charge < -0.3 is 9.64 Å². The number of carbonyl (C=O) groups excluding carboxylic acids is 1. The lowest BCUT2D eigenvalue weighted by Gasteiger charge is -2.36. The first-order chi connectivity index (χ1) is 12.7. The molecule has 0 atom stereocenters. The van der Waals surface area contributed by atoms with Gasteiger partial charge in [0.05, 0.1) is 18.5 Å². The van der Waals surface area contributed by atoms with Gasteiger partial charge in [0, 0.05) is 31.7 Å². The molecular formula is C20H30N2O4S. The zero-order valence-corrected chi connectivity index (χ0v) is 17.3. The number of piperidine rings is 2. The Morgan fingerprint density at radius 2 is 1.52 bits per heavy atom. The van der Waals surface area contributed by atoms with Gasteiger partial charge in [-0.1, -0.05) is 6.07 Å². The molecule has 0 unspecified atom stereocenters. The van der Waals surface area contributed by atoms with Crippen LogP contribution in [-0.4, -0.2) is 68.2 Å². The average Bonchev–Trinajstić information content (AvgIpc) is 2.64. The summed E-state index contributed by atoms with van der Waals surface area (Å²) in [5.74, 6) is 0.0954. The molecule has 0 aliphatic carbocycles. The van der Waals surface area contributed by atoms with Crippen LogP contribution in [0, 0.1) is 13.8 Å². The fourth-order valence-corrected chi connectivity index (χ4v) is 4.70. The summed E-state index contributed by atoms with van der Waals surface area (Å²) in [5, 5.41) is 0. The van der Waals surface area contributed by atoms with Crippen LogP contribution in [0.1, 0.15) is 47.2 Å². The number of amides is 1. The molecule has 1 amide bonds. The van der Waals surface area contributed by atoms with Crippen molar-refractivity contribution in [1.29, 1.82) is 0 Å². The minimum Gasteiger partial charge on any atom is -0.375 e. The van der Waals surface area contributed by atoms with Gasteiger partial charge in [-0.15, -0.1) is 0 Å². The Hall–Kier alpha value is -1.44. The van der Waals surface area contributed by atoms with E-state index in [-0.39, 0.29) is 18.1 Å². The first-order valence-electron chi connectivity index (χ1n) is 9.71. The predicted molar refractivity (Wildman–Crippen MR) is 105 cm³/mol. The van der Waals surface area contributed by atoms with Gasteiger partial charge in [0.2, 0.25) is 10.0 Å². The highest BCUT2D eigenvalue weighted by Gasteiger charge is 2.29. The number of aryl methyl sites for hydroxylation is 2. The van der Waals surface area contributed by atoms with Crippen LogP contribution in [0.15, 0.2) is 18.2 Å². The van der Waals surface area contributed by atoms with Crippen LogP contribution in [-0.2, 0) is 14.8 Å². The summed E-state index contributed by atoms with van der Waals surface area (Å²) in [6.07, 6.45) is 4.70. The summed E-state index contributed by atoms with van der Waals surface area (Å²) >= 11 is 0. The summed E-state index contributed by atoms with van der Waals surface area (Å²) in [6, 6.07) is 5.87. The summed E-state index contributed by atoms with van der Waals surface area (Å²) in [6.45, 7) is 6.56. The second-order valence-electron chi connectivity index (χ2n) is 7.79. The lowest BCUT2D eigenvalue weighted by atomic mass is 10.0. The maximum Gasteiger partial charge on any atom is 0.253 e. The molecular weight excluding hydrogens is 364 g/mol. The predicted octanol–water partition coefficient (Wildman–Crippen LogP) is 2.35. The zero-order valence-electron chi connectivity index (χ0n) is 16.5. The minimum absolute atomic E-state index is 0.0954. The van der Waals surface area contributed by atoms with Crippen molar-refractivity contribution < 1.29 is 17.9 Å². The fraction of sp³-hybridized carbons (Fsp3) is 0.650. The molecule has 1 aromatic rings. The third kappa shape index (κ3) is 5.09. The van der Waals surface area contributed by atoms with Gasteiger partial charge in [-0.25, -0.2) is 12.7 Å². The summed E-state index contributed by atoms with van der Waals surface area (Å²) in [4.78, 5) is 14.6. The second kappa shape index (κ2) is 8.29. The van der Waals surface area contributed by atoms with Gasteiger partial charge >= 0.3 is 0 Å². The van der Waals surface area contributed by atoms with E-state index >= 15 is 0 Å². The SMILES string of the molecule is Cc1ccc(C(=O)N2CCC(OC3CCN(S(C)(=O)=O)CC3)CC2)cc1C. The first kappa shape index (κ1) is 20.3. The highest BCUT2D eigenvalue weighted by atomic mass is 32.2. The standard InChI is InChI=1S/C20H30N2O4S/c1-15-4-5-17(14-16(15)2)20(23)21-10-6-18(7-11-21)26-19-8-12-22(13-9-19)27(3,24)25/h4-5,14,18-19H,6-13H2,1-3H3. The van der Waals surface area contributed by atoms with Gasteiger partial charge in [0.1, 0.15) is 0 Å². The lowest BCUT2D eigenvalue weighted by molar-refractivity contribution is -0.0557. The largest absolute Gasteiger partial charge is 0.375 e. The summed E-state index contributed by atoms with van der Waals surface area (Å²) < 4.78 is 30.9. The number of benzene rings is 1. The van der Waals surface area contributed by atoms with E-state index in [0.717, 1.165) is 36.8 Å². The van der Waals surface area contributed by atoms with E-state index in [1.165, 1.54) is 16.1 Å². The van der Waals surface area contributed by atoms with E-state index in [4.69, 9.17) is 4.74 Å². The molecule has 7 heteroatoms. The normalized spacial score (nSPS) is 20.8. The van der Waals surface area contributed by atoms with Crippen LogP contribution in [0.4, 0.5) is 0 Å². The number of hydrogen-bond acceptors (Lipinski definition) is 4. The van der Waals surface area contributed by atoms with E-state index in [1.54, 1.807) is 0 Å². The van der Waals surface area contributed by atoms with E-state index < -0.39 is 10.0 Å². The average molecular weight is 395 g/mol. The Balaban J connectivity index is 1.46. The summed E-state index contributed by atoms with van der Waals surface area (Å²) in [5.41, 5.74) is 3.09. The zero-order chi connectivity index (χ0) is 19.6. The van der Waals surface area contributed by atoms with Gasteiger partial charge in [0.25, 0.3) is 5.91 Å².